The van der Waals surface area contributed by atoms with Gasteiger partial charge in [-0.3, -0.25) is 9.59 Å². The molecule has 9 nitrogen and oxygen atoms in total. The van der Waals surface area contributed by atoms with Crippen LogP contribution in [0.15, 0.2) is 15.6 Å². The van der Waals surface area contributed by atoms with Crippen molar-refractivity contribution in [3.05, 3.63) is 11.3 Å². The molecule has 0 saturated carbocycles. The van der Waals surface area contributed by atoms with Crippen molar-refractivity contribution in [3.63, 3.8) is 0 Å². The summed E-state index contributed by atoms with van der Waals surface area (Å²) >= 11 is 2.27. The number of rotatable bonds is 4. The molecule has 4 rings (SSSR count). The van der Waals surface area contributed by atoms with Crippen LogP contribution < -0.4 is 40.4 Å². The van der Waals surface area contributed by atoms with Crippen LogP contribution in [0.5, 0.6) is 0 Å². The minimum Gasteiger partial charge on any atom is -0.543 e. The van der Waals surface area contributed by atoms with Gasteiger partial charge in [0.25, 0.3) is 5.91 Å². The molecule has 2 amide bonds. The molecule has 3 aliphatic heterocycles. The zero-order valence-corrected chi connectivity index (χ0v) is 18.4. The number of halogens is 3. The number of carbonyl (C=O) groups is 3. The molecule has 3 aliphatic rings. The number of alkyl halides is 3. The second-order valence-electron chi connectivity index (χ2n) is 6.39. The Morgan fingerprint density at radius 1 is 1.34 bits per heavy atom. The van der Waals surface area contributed by atoms with E-state index in [0.717, 1.165) is 16.2 Å². The molecule has 2 fully saturated rings. The number of piperidine rings is 1. The fraction of sp³-hybridized carbons (Fsp3) is 0.500. The second-order valence-corrected chi connectivity index (χ2v) is 8.62. The fourth-order valence-corrected chi connectivity index (χ4v) is 5.72. The van der Waals surface area contributed by atoms with E-state index in [4.69, 9.17) is 5.73 Å². The number of likely N-dealkylation sites (tertiary alicyclic amines) is 1. The van der Waals surface area contributed by atoms with Gasteiger partial charge in [-0.25, -0.2) is 0 Å². The predicted octanol–water partition coefficient (Wildman–Crippen LogP) is -3.78. The first-order chi connectivity index (χ1) is 13.1. The van der Waals surface area contributed by atoms with Crippen LogP contribution in [-0.4, -0.2) is 68.3 Å². The third-order valence-electron chi connectivity index (χ3n) is 5.00. The molecule has 1 aromatic rings. The van der Waals surface area contributed by atoms with Gasteiger partial charge >= 0.3 is 41.6 Å². The van der Waals surface area contributed by atoms with E-state index in [1.807, 2.05) is 0 Å². The largest absolute Gasteiger partial charge is 1.00 e. The van der Waals surface area contributed by atoms with Crippen LogP contribution in [0.2, 0.25) is 0 Å². The molecule has 150 valence electrons. The van der Waals surface area contributed by atoms with E-state index in [1.54, 1.807) is 0 Å². The minimum atomic E-state index is -5.10. The average Bonchev–Trinajstić information content (AvgIpc) is 3.17. The molecule has 15 heteroatoms. The van der Waals surface area contributed by atoms with Crippen molar-refractivity contribution in [1.82, 2.24) is 20.0 Å². The van der Waals surface area contributed by atoms with Crippen molar-refractivity contribution < 1.29 is 62.2 Å². The first-order valence-corrected chi connectivity index (χ1v) is 9.78. The van der Waals surface area contributed by atoms with Gasteiger partial charge in [-0.2, -0.15) is 13.2 Å². The van der Waals surface area contributed by atoms with Crippen LogP contribution in [0.3, 0.4) is 0 Å². The van der Waals surface area contributed by atoms with E-state index in [0.29, 0.717) is 14.8 Å². The number of carbonyl (C=O) groups excluding carboxylic acids is 3. The Hall–Kier alpha value is -1.35. The van der Waals surface area contributed by atoms with Crippen LogP contribution in [0, 0.1) is 5.92 Å². The number of amides is 2. The van der Waals surface area contributed by atoms with Crippen LogP contribution in [0.1, 0.15) is 6.42 Å². The summed E-state index contributed by atoms with van der Waals surface area (Å²) in [5, 5.41) is 19.4. The monoisotopic (exact) mass is 457 g/mol. The summed E-state index contributed by atoms with van der Waals surface area (Å²) in [6, 6.07) is -2.14. The van der Waals surface area contributed by atoms with Gasteiger partial charge in [0.05, 0.1) is 17.7 Å². The third kappa shape index (κ3) is 3.54. The topological polar surface area (TPSA) is 133 Å². The van der Waals surface area contributed by atoms with Gasteiger partial charge in [0.15, 0.2) is 4.34 Å². The van der Waals surface area contributed by atoms with Crippen LogP contribution in [0.4, 0.5) is 18.3 Å². The first kappa shape index (κ1) is 22.3. The SMILES string of the molecule is Nc1nnc(SCC2=C(C(=O)[O-])N3C(=O)[C@@H]4[C@H]3C2CCN4C(=O)C(F)(F)F)s1.[Na+]. The fourth-order valence-electron chi connectivity index (χ4n) is 3.98. The van der Waals surface area contributed by atoms with Crippen molar-refractivity contribution in [2.75, 3.05) is 18.0 Å². The van der Waals surface area contributed by atoms with Gasteiger partial charge in [-0.1, -0.05) is 23.1 Å². The summed E-state index contributed by atoms with van der Waals surface area (Å²) in [6.45, 7) is -0.288. The minimum absolute atomic E-state index is 0. The normalized spacial score (nSPS) is 25.5. The number of nitrogens with zero attached hydrogens (tertiary/aromatic N) is 4. The molecule has 3 atom stereocenters. The number of carboxylic acid groups (broad SMARTS) is 1. The predicted molar refractivity (Wildman–Crippen MR) is 87.4 cm³/mol. The van der Waals surface area contributed by atoms with Crippen LogP contribution >= 0.6 is 23.1 Å². The molecule has 0 radical (unpaired) electrons. The smallest absolute Gasteiger partial charge is 0.543 e. The summed E-state index contributed by atoms with van der Waals surface area (Å²) in [7, 11) is 0. The molecule has 0 spiro atoms. The Kier molecular flexibility index (Phi) is 5.95. The van der Waals surface area contributed by atoms with Gasteiger partial charge in [-0.05, 0) is 12.0 Å². The van der Waals surface area contributed by atoms with Gasteiger partial charge < -0.3 is 25.4 Å². The molecular weight excluding hydrogens is 446 g/mol. The summed E-state index contributed by atoms with van der Waals surface area (Å²) in [5.74, 6) is -4.84. The molecule has 2 N–H and O–H groups in total. The Morgan fingerprint density at radius 3 is 2.59 bits per heavy atom. The summed E-state index contributed by atoms with van der Waals surface area (Å²) in [6.07, 6.45) is -5.00. The molecule has 0 aromatic carbocycles. The Morgan fingerprint density at radius 2 is 2.03 bits per heavy atom. The Balaban J connectivity index is 0.00000240. The number of carboxylic acids is 1. The summed E-state index contributed by atoms with van der Waals surface area (Å²) < 4.78 is 39.0. The third-order valence-corrected chi connectivity index (χ3v) is 6.94. The maximum atomic E-state index is 12.8. The first-order valence-electron chi connectivity index (χ1n) is 7.98. The average molecular weight is 457 g/mol. The molecule has 29 heavy (non-hydrogen) atoms. The molecule has 2 saturated heterocycles. The van der Waals surface area contributed by atoms with E-state index < -0.39 is 42.0 Å². The Labute approximate surface area is 191 Å². The summed E-state index contributed by atoms with van der Waals surface area (Å²) in [5.41, 5.74) is 5.56. The molecule has 1 aromatic heterocycles. The van der Waals surface area contributed by atoms with Gasteiger partial charge in [0.1, 0.15) is 6.04 Å². The van der Waals surface area contributed by atoms with E-state index >= 15 is 0 Å². The zero-order valence-electron chi connectivity index (χ0n) is 14.8. The van der Waals surface area contributed by atoms with E-state index in [2.05, 4.69) is 10.2 Å². The van der Waals surface area contributed by atoms with E-state index in [1.165, 1.54) is 11.8 Å². The van der Waals surface area contributed by atoms with Gasteiger partial charge in [0.2, 0.25) is 5.13 Å². The standard InChI is InChI=1S/C14H12F3N5O4S2.Na/c15-14(16,17)11(26)21-2-1-4-5(3-27-13-20-19-12(18)28-13)7(10(24)25)22-6(4)8(21)9(22)23;/h4,6,8H,1-3H2,(H2,18,19)(H,24,25);/q;+1/p-1/t4?,6-,8+;/m1./s1. The molecule has 0 bridgehead atoms. The number of anilines is 1. The zero-order chi connectivity index (χ0) is 20.4. The number of hydrogen-bond donors (Lipinski definition) is 1. The summed E-state index contributed by atoms with van der Waals surface area (Å²) in [4.78, 5) is 37.2. The van der Waals surface area contributed by atoms with Gasteiger partial charge in [-0.15, -0.1) is 10.2 Å². The van der Waals surface area contributed by atoms with Crippen molar-refractivity contribution in [2.24, 2.45) is 5.92 Å². The molecule has 4 heterocycles. The molecular formula is C14H11F3N5NaO4S2. The molecule has 0 aliphatic carbocycles. The number of nitrogens with two attached hydrogens (primary N) is 1. The maximum Gasteiger partial charge on any atom is 1.00 e. The number of nitrogen functional groups attached to an aromatic ring is 1. The molecule has 1 unspecified atom stereocenters. The van der Waals surface area contributed by atoms with Crippen LogP contribution in [0.25, 0.3) is 0 Å². The quantitative estimate of drug-likeness (QED) is 0.277. The Bertz CT molecular complexity index is 923. The van der Waals surface area contributed by atoms with Crippen molar-refractivity contribution >= 4 is 46.0 Å². The van der Waals surface area contributed by atoms with Crippen LogP contribution in [-0.2, 0) is 14.4 Å². The van der Waals surface area contributed by atoms with Crippen molar-refractivity contribution in [2.45, 2.75) is 29.0 Å². The number of aromatic nitrogens is 2. The number of aliphatic carboxylic acids is 1. The number of hydrogen-bond acceptors (Lipinski definition) is 9. The van der Waals surface area contributed by atoms with E-state index in [-0.39, 0.29) is 59.1 Å². The number of β-lactam (4-membered cyclic amide) rings is 1. The van der Waals surface area contributed by atoms with Crippen molar-refractivity contribution in [1.29, 1.82) is 0 Å². The number of thioether (sulfide) groups is 1. The second kappa shape index (κ2) is 7.72. The van der Waals surface area contributed by atoms with Gasteiger partial charge in [0, 0.05) is 18.2 Å². The van der Waals surface area contributed by atoms with E-state index in [9.17, 15) is 32.7 Å². The van der Waals surface area contributed by atoms with Crippen molar-refractivity contribution in [3.8, 4) is 0 Å². The maximum absolute atomic E-state index is 12.8.